The van der Waals surface area contributed by atoms with Crippen LogP contribution in [0.15, 0.2) is 0 Å². The van der Waals surface area contributed by atoms with Gasteiger partial charge in [0.1, 0.15) is 6.17 Å². The average Bonchev–Trinajstić information content (AvgIpc) is 2.35. The number of nitrogens with zero attached hydrogens (tertiary/aromatic N) is 1. The Morgan fingerprint density at radius 2 is 2.45 bits per heavy atom. The lowest BCUT2D eigenvalue weighted by atomic mass is 10.3. The summed E-state index contributed by atoms with van der Waals surface area (Å²) in [4.78, 5) is 1.98. The highest BCUT2D eigenvalue weighted by atomic mass is 19.1. The molecule has 0 radical (unpaired) electrons. The highest BCUT2D eigenvalue weighted by molar-refractivity contribution is 4.76. The zero-order valence-corrected chi connectivity index (χ0v) is 6.96. The van der Waals surface area contributed by atoms with E-state index in [-0.39, 0.29) is 6.10 Å². The summed E-state index contributed by atoms with van der Waals surface area (Å²) in [5.74, 6) is 0. The van der Waals surface area contributed by atoms with Crippen molar-refractivity contribution >= 4 is 0 Å². The van der Waals surface area contributed by atoms with Crippen molar-refractivity contribution in [1.29, 1.82) is 0 Å². The Kier molecular flexibility index (Phi) is 3.27. The molecule has 1 saturated heterocycles. The Bertz CT molecular complexity index is 121. The molecule has 1 aliphatic rings. The SMILES string of the molecule is CCC(F)CN1CC[C@@H](O)C1. The molecule has 1 unspecified atom stereocenters. The summed E-state index contributed by atoms with van der Waals surface area (Å²) in [6.07, 6.45) is 0.433. The predicted octanol–water partition coefficient (Wildman–Crippen LogP) is 0.801. The van der Waals surface area contributed by atoms with Crippen LogP contribution in [0.1, 0.15) is 19.8 Å². The third kappa shape index (κ3) is 2.75. The summed E-state index contributed by atoms with van der Waals surface area (Å²) in [7, 11) is 0. The smallest absolute Gasteiger partial charge is 0.112 e. The maximum atomic E-state index is 12.8. The van der Waals surface area contributed by atoms with Gasteiger partial charge in [0.15, 0.2) is 0 Å². The van der Waals surface area contributed by atoms with E-state index in [0.29, 0.717) is 19.5 Å². The van der Waals surface area contributed by atoms with Crippen molar-refractivity contribution in [3.63, 3.8) is 0 Å². The Hall–Kier alpha value is -0.150. The van der Waals surface area contributed by atoms with E-state index < -0.39 is 6.17 Å². The molecule has 1 heterocycles. The third-order valence-corrected chi connectivity index (χ3v) is 2.15. The summed E-state index contributed by atoms with van der Waals surface area (Å²) in [5, 5.41) is 9.12. The molecule has 0 bridgehead atoms. The lowest BCUT2D eigenvalue weighted by Crippen LogP contribution is -2.28. The maximum absolute atomic E-state index is 12.8. The van der Waals surface area contributed by atoms with Gasteiger partial charge in [-0.3, -0.25) is 4.90 Å². The number of β-amino-alcohol motifs (C(OH)–C–C–N with tert-alkyl or cyclic N) is 1. The first-order valence-corrected chi connectivity index (χ1v) is 4.27. The number of hydrogen-bond acceptors (Lipinski definition) is 2. The summed E-state index contributed by atoms with van der Waals surface area (Å²) in [5.41, 5.74) is 0. The molecule has 0 aromatic heterocycles. The molecule has 2 nitrogen and oxygen atoms in total. The lowest BCUT2D eigenvalue weighted by Gasteiger charge is -2.16. The van der Waals surface area contributed by atoms with E-state index >= 15 is 0 Å². The number of halogens is 1. The van der Waals surface area contributed by atoms with Crippen molar-refractivity contribution in [2.24, 2.45) is 0 Å². The summed E-state index contributed by atoms with van der Waals surface area (Å²) in [6.45, 7) is 3.84. The van der Waals surface area contributed by atoms with E-state index in [2.05, 4.69) is 0 Å². The first-order valence-electron chi connectivity index (χ1n) is 4.27. The topological polar surface area (TPSA) is 23.5 Å². The fraction of sp³-hybridized carbons (Fsp3) is 1.00. The van der Waals surface area contributed by atoms with Crippen LogP contribution in [0.25, 0.3) is 0 Å². The van der Waals surface area contributed by atoms with Crippen molar-refractivity contribution in [3.8, 4) is 0 Å². The Morgan fingerprint density at radius 3 is 2.91 bits per heavy atom. The van der Waals surface area contributed by atoms with Gasteiger partial charge >= 0.3 is 0 Å². The molecule has 3 heteroatoms. The molecule has 1 fully saturated rings. The van der Waals surface area contributed by atoms with Crippen LogP contribution in [0, 0.1) is 0 Å². The first kappa shape index (κ1) is 8.94. The van der Waals surface area contributed by atoms with Crippen LogP contribution in [-0.4, -0.2) is 41.9 Å². The highest BCUT2D eigenvalue weighted by Gasteiger charge is 2.21. The Labute approximate surface area is 67.0 Å². The minimum Gasteiger partial charge on any atom is -0.392 e. The lowest BCUT2D eigenvalue weighted by molar-refractivity contribution is 0.160. The van der Waals surface area contributed by atoms with Crippen molar-refractivity contribution < 1.29 is 9.50 Å². The molecule has 0 aromatic rings. The Balaban J connectivity index is 2.17. The number of alkyl halides is 1. The van der Waals surface area contributed by atoms with Crippen LogP contribution in [0.3, 0.4) is 0 Å². The molecule has 0 amide bonds. The van der Waals surface area contributed by atoms with E-state index in [1.165, 1.54) is 0 Å². The first-order chi connectivity index (χ1) is 5.22. The highest BCUT2D eigenvalue weighted by Crippen LogP contribution is 2.10. The molecule has 0 aliphatic carbocycles. The summed E-state index contributed by atoms with van der Waals surface area (Å²) < 4.78 is 12.8. The molecule has 2 atom stereocenters. The normalized spacial score (nSPS) is 29.2. The van der Waals surface area contributed by atoms with Gasteiger partial charge in [0.05, 0.1) is 6.10 Å². The van der Waals surface area contributed by atoms with Crippen molar-refractivity contribution in [1.82, 2.24) is 4.90 Å². The molecule has 1 N–H and O–H groups in total. The predicted molar refractivity (Wildman–Crippen MR) is 42.3 cm³/mol. The van der Waals surface area contributed by atoms with E-state index in [0.717, 1.165) is 13.0 Å². The van der Waals surface area contributed by atoms with Gasteiger partial charge in [0.2, 0.25) is 0 Å². The van der Waals surface area contributed by atoms with Crippen molar-refractivity contribution in [3.05, 3.63) is 0 Å². The second-order valence-corrected chi connectivity index (χ2v) is 3.21. The average molecular weight is 161 g/mol. The fourth-order valence-corrected chi connectivity index (χ4v) is 1.39. The largest absolute Gasteiger partial charge is 0.392 e. The molecule has 11 heavy (non-hydrogen) atoms. The zero-order valence-electron chi connectivity index (χ0n) is 6.96. The number of aliphatic hydroxyl groups excluding tert-OH is 1. The van der Waals surface area contributed by atoms with Gasteiger partial charge in [0.25, 0.3) is 0 Å². The van der Waals surface area contributed by atoms with Crippen molar-refractivity contribution in [2.75, 3.05) is 19.6 Å². The minimum atomic E-state index is -0.722. The van der Waals surface area contributed by atoms with Gasteiger partial charge in [0, 0.05) is 19.6 Å². The van der Waals surface area contributed by atoms with Crippen LogP contribution in [0.5, 0.6) is 0 Å². The zero-order chi connectivity index (χ0) is 8.27. The molecule has 66 valence electrons. The van der Waals surface area contributed by atoms with E-state index in [4.69, 9.17) is 5.11 Å². The van der Waals surface area contributed by atoms with E-state index in [1.807, 2.05) is 11.8 Å². The van der Waals surface area contributed by atoms with Gasteiger partial charge in [-0.2, -0.15) is 0 Å². The number of aliphatic hydroxyl groups is 1. The van der Waals surface area contributed by atoms with Crippen molar-refractivity contribution in [2.45, 2.75) is 32.0 Å². The maximum Gasteiger partial charge on any atom is 0.112 e. The van der Waals surface area contributed by atoms with Crippen LogP contribution in [-0.2, 0) is 0 Å². The molecule has 1 rings (SSSR count). The molecule has 0 aromatic carbocycles. The van der Waals surface area contributed by atoms with Crippen LogP contribution < -0.4 is 0 Å². The quantitative estimate of drug-likeness (QED) is 0.662. The van der Waals surface area contributed by atoms with Gasteiger partial charge in [-0.25, -0.2) is 4.39 Å². The minimum absolute atomic E-state index is 0.223. The standard InChI is InChI=1S/C8H16FNO/c1-2-7(9)5-10-4-3-8(11)6-10/h7-8,11H,2-6H2,1H3/t7?,8-/m1/s1. The van der Waals surface area contributed by atoms with Crippen LogP contribution >= 0.6 is 0 Å². The van der Waals surface area contributed by atoms with E-state index in [9.17, 15) is 4.39 Å². The van der Waals surface area contributed by atoms with Gasteiger partial charge < -0.3 is 5.11 Å². The van der Waals surface area contributed by atoms with Crippen LogP contribution in [0.4, 0.5) is 4.39 Å². The number of likely N-dealkylation sites (tertiary alicyclic amines) is 1. The molecule has 0 spiro atoms. The van der Waals surface area contributed by atoms with Gasteiger partial charge in [-0.05, 0) is 12.8 Å². The van der Waals surface area contributed by atoms with E-state index in [1.54, 1.807) is 0 Å². The molecule has 1 aliphatic heterocycles. The summed E-state index contributed by atoms with van der Waals surface area (Å²) in [6, 6.07) is 0. The Morgan fingerprint density at radius 1 is 1.73 bits per heavy atom. The summed E-state index contributed by atoms with van der Waals surface area (Å²) >= 11 is 0. The third-order valence-electron chi connectivity index (χ3n) is 2.15. The molecule has 0 saturated carbocycles. The monoisotopic (exact) mass is 161 g/mol. The van der Waals surface area contributed by atoms with Crippen LogP contribution in [0.2, 0.25) is 0 Å². The number of rotatable bonds is 3. The van der Waals surface area contributed by atoms with Gasteiger partial charge in [-0.1, -0.05) is 6.92 Å². The van der Waals surface area contributed by atoms with Gasteiger partial charge in [-0.15, -0.1) is 0 Å². The molecular weight excluding hydrogens is 145 g/mol. The second-order valence-electron chi connectivity index (χ2n) is 3.21. The number of hydrogen-bond donors (Lipinski definition) is 1. The molecular formula is C8H16FNO. The fourth-order valence-electron chi connectivity index (χ4n) is 1.39. The second kappa shape index (κ2) is 4.02.